The molecule has 7 aromatic carbocycles. The number of fused-ring (bicyclic) bond motifs is 1. The predicted octanol–water partition coefficient (Wildman–Crippen LogP) is 13.0. The van der Waals surface area contributed by atoms with Gasteiger partial charge in [0.05, 0.1) is 0 Å². The van der Waals surface area contributed by atoms with Crippen molar-refractivity contribution in [3.05, 3.63) is 211 Å². The minimum Gasteiger partial charge on any atom is -0.0850 e. The second-order valence-corrected chi connectivity index (χ2v) is 18.8. The van der Waals surface area contributed by atoms with Crippen LogP contribution in [-0.2, 0) is 0 Å². The normalized spacial score (nSPS) is 16.6. The quantitative estimate of drug-likeness (QED) is 0.0746. The Labute approximate surface area is 324 Å². The Kier molecular flexibility index (Phi) is 11.2. The maximum Gasteiger partial charge on any atom is 0.00510 e. The summed E-state index contributed by atoms with van der Waals surface area (Å²) < 4.78 is 0. The van der Waals surface area contributed by atoms with E-state index in [1.165, 1.54) is 78.0 Å². The molecule has 0 nitrogen and oxygen atoms in total. The lowest BCUT2D eigenvalue weighted by atomic mass is 9.87. The third kappa shape index (κ3) is 7.74. The van der Waals surface area contributed by atoms with Crippen LogP contribution in [0.5, 0.6) is 0 Å². The number of allylic oxidation sites excluding steroid dienone is 5. The average Bonchev–Trinajstić information content (AvgIpc) is 3.24. The first-order valence-corrected chi connectivity index (χ1v) is 21.9. The number of hydrogen-bond acceptors (Lipinski definition) is 0. The zero-order chi connectivity index (χ0) is 36.7. The molecule has 264 valence electrons. The molecule has 8 rings (SSSR count). The van der Waals surface area contributed by atoms with Crippen LogP contribution in [0.1, 0.15) is 32.3 Å². The molecule has 54 heavy (non-hydrogen) atoms. The van der Waals surface area contributed by atoms with Gasteiger partial charge >= 0.3 is 0 Å². The molecule has 1 aliphatic rings. The molecule has 2 heteroatoms. The van der Waals surface area contributed by atoms with Gasteiger partial charge in [-0.3, -0.25) is 0 Å². The summed E-state index contributed by atoms with van der Waals surface area (Å²) in [5, 5.41) is 9.54. The molecule has 0 aromatic heterocycles. The summed E-state index contributed by atoms with van der Waals surface area (Å²) in [6.07, 6.45) is 14.5. The Hall–Kier alpha value is -5.12. The topological polar surface area (TPSA) is 0 Å². The van der Waals surface area contributed by atoms with Crippen LogP contribution in [-0.4, -0.2) is 5.66 Å². The molecule has 0 saturated heterocycles. The highest BCUT2D eigenvalue weighted by Gasteiger charge is 2.27. The molecule has 0 amide bonds. The highest BCUT2D eigenvalue weighted by atomic mass is 31.1. The highest BCUT2D eigenvalue weighted by molar-refractivity contribution is 7.77. The molecule has 7 aromatic rings. The Balaban J connectivity index is 1.35. The molecule has 1 aliphatic carbocycles. The minimum atomic E-state index is -0.728. The van der Waals surface area contributed by atoms with E-state index in [1.54, 1.807) is 0 Å². The number of hydrogen-bond donors (Lipinski definition) is 0. The van der Waals surface area contributed by atoms with Crippen molar-refractivity contribution in [3.63, 3.8) is 0 Å². The molecular formula is C52H46P2. The zero-order valence-electron chi connectivity index (χ0n) is 31.1. The SMILES string of the molecule is C/C=C(\C=C/c1cc(-c2ccccc2)c(-c2ccccc2)c2cc(P(c3ccccc3)C3C=C[C@H](C)CC3)ccc12)P(c1ccccc1)c1ccccc1. The summed E-state index contributed by atoms with van der Waals surface area (Å²) >= 11 is 0. The van der Waals surface area contributed by atoms with E-state index in [-0.39, 0.29) is 0 Å². The molecule has 0 bridgehead atoms. The van der Waals surface area contributed by atoms with E-state index in [0.29, 0.717) is 11.6 Å². The van der Waals surface area contributed by atoms with Gasteiger partial charge in [-0.1, -0.05) is 201 Å². The summed E-state index contributed by atoms with van der Waals surface area (Å²) in [6.45, 7) is 4.54. The Morgan fingerprint density at radius 2 is 1.09 bits per heavy atom. The molecule has 0 aliphatic heterocycles. The number of rotatable bonds is 10. The smallest absolute Gasteiger partial charge is 0.00510 e. The van der Waals surface area contributed by atoms with Crippen LogP contribution >= 0.6 is 15.8 Å². The van der Waals surface area contributed by atoms with Gasteiger partial charge in [-0.2, -0.15) is 0 Å². The highest BCUT2D eigenvalue weighted by Crippen LogP contribution is 2.48. The van der Waals surface area contributed by atoms with Crippen molar-refractivity contribution in [1.29, 1.82) is 0 Å². The molecule has 0 radical (unpaired) electrons. The van der Waals surface area contributed by atoms with Gasteiger partial charge in [0.25, 0.3) is 0 Å². The first-order chi connectivity index (χ1) is 26.7. The molecule has 2 unspecified atom stereocenters. The lowest BCUT2D eigenvalue weighted by molar-refractivity contribution is 0.589. The van der Waals surface area contributed by atoms with Crippen molar-refractivity contribution in [2.75, 3.05) is 0 Å². The Morgan fingerprint density at radius 1 is 0.537 bits per heavy atom. The average molecular weight is 733 g/mol. The molecule has 0 N–H and O–H groups in total. The van der Waals surface area contributed by atoms with Gasteiger partial charge in [0.1, 0.15) is 0 Å². The van der Waals surface area contributed by atoms with Crippen molar-refractivity contribution in [2.45, 2.75) is 32.3 Å². The van der Waals surface area contributed by atoms with E-state index in [0.717, 1.165) is 0 Å². The van der Waals surface area contributed by atoms with Gasteiger partial charge in [0, 0.05) is 5.66 Å². The van der Waals surface area contributed by atoms with Gasteiger partial charge in [-0.15, -0.1) is 0 Å². The molecular weight excluding hydrogens is 687 g/mol. The van der Waals surface area contributed by atoms with Crippen molar-refractivity contribution < 1.29 is 0 Å². The maximum absolute atomic E-state index is 2.56. The Bertz CT molecular complexity index is 2360. The second-order valence-electron chi connectivity index (χ2n) is 14.1. The van der Waals surface area contributed by atoms with Crippen LogP contribution in [0.25, 0.3) is 39.1 Å². The monoisotopic (exact) mass is 732 g/mol. The van der Waals surface area contributed by atoms with Gasteiger partial charge in [0.2, 0.25) is 0 Å². The third-order valence-electron chi connectivity index (χ3n) is 10.5. The van der Waals surface area contributed by atoms with Gasteiger partial charge in [0.15, 0.2) is 0 Å². The Morgan fingerprint density at radius 3 is 1.65 bits per heavy atom. The van der Waals surface area contributed by atoms with Crippen LogP contribution in [0.2, 0.25) is 0 Å². The lowest BCUT2D eigenvalue weighted by Gasteiger charge is -2.30. The molecule has 0 saturated carbocycles. The zero-order valence-corrected chi connectivity index (χ0v) is 32.9. The summed E-state index contributed by atoms with van der Waals surface area (Å²) in [6, 6.07) is 65.1. The van der Waals surface area contributed by atoms with E-state index in [2.05, 4.69) is 220 Å². The summed E-state index contributed by atoms with van der Waals surface area (Å²) in [7, 11) is -1.34. The van der Waals surface area contributed by atoms with Crippen molar-refractivity contribution in [2.24, 2.45) is 5.92 Å². The van der Waals surface area contributed by atoms with E-state index >= 15 is 0 Å². The summed E-state index contributed by atoms with van der Waals surface area (Å²) in [5.74, 6) is 0.643. The molecule has 0 spiro atoms. The molecule has 0 heterocycles. The van der Waals surface area contributed by atoms with E-state index in [9.17, 15) is 0 Å². The minimum absolute atomic E-state index is 0.514. The van der Waals surface area contributed by atoms with Crippen LogP contribution in [0.3, 0.4) is 0 Å². The summed E-state index contributed by atoms with van der Waals surface area (Å²) in [5.41, 5.74) is 6.79. The van der Waals surface area contributed by atoms with Crippen molar-refractivity contribution in [3.8, 4) is 22.3 Å². The van der Waals surface area contributed by atoms with Crippen molar-refractivity contribution in [1.82, 2.24) is 0 Å². The standard InChI is InChI=1S/C52H46P2/c1-3-43(53(44-23-13-6-14-24-44)45-25-15-7-16-26-45)34-31-42-37-50(40-19-9-4-10-20-40)52(41-21-11-5-12-22-41)51-38-48(35-36-49(42)51)54(46-27-17-8-18-28-46)47-32-29-39(2)30-33-47/h3-29,31-32,34-39,47H,30,33H2,1-2H3/b34-31-,43-3+/t39-,47?,54?/m0/s1. The van der Waals surface area contributed by atoms with Crippen LogP contribution < -0.4 is 21.2 Å². The van der Waals surface area contributed by atoms with Gasteiger partial charge in [-0.25, -0.2) is 0 Å². The van der Waals surface area contributed by atoms with E-state index in [1.807, 2.05) is 0 Å². The third-order valence-corrected chi connectivity index (χ3v) is 15.9. The fraction of sp³-hybridized carbons (Fsp3) is 0.115. The molecule has 3 atom stereocenters. The summed E-state index contributed by atoms with van der Waals surface area (Å²) in [4.78, 5) is 0. The van der Waals surface area contributed by atoms with E-state index < -0.39 is 15.8 Å². The second kappa shape index (κ2) is 16.9. The van der Waals surface area contributed by atoms with Crippen molar-refractivity contribution >= 4 is 53.9 Å². The van der Waals surface area contributed by atoms with Crippen LogP contribution in [0, 0.1) is 5.92 Å². The van der Waals surface area contributed by atoms with Gasteiger partial charge in [-0.05, 0) is 119 Å². The predicted molar refractivity (Wildman–Crippen MR) is 241 cm³/mol. The largest absolute Gasteiger partial charge is 0.0850 e. The fourth-order valence-electron chi connectivity index (χ4n) is 7.85. The van der Waals surface area contributed by atoms with Crippen LogP contribution in [0.4, 0.5) is 0 Å². The lowest BCUT2D eigenvalue weighted by Crippen LogP contribution is -2.23. The fourth-order valence-corrected chi connectivity index (χ4v) is 12.9. The van der Waals surface area contributed by atoms with Gasteiger partial charge < -0.3 is 0 Å². The van der Waals surface area contributed by atoms with Crippen LogP contribution in [0.15, 0.2) is 206 Å². The molecule has 0 fully saturated rings. The van der Waals surface area contributed by atoms with E-state index in [4.69, 9.17) is 0 Å². The first kappa shape index (κ1) is 35.9. The first-order valence-electron chi connectivity index (χ1n) is 19.2. The maximum atomic E-state index is 2.56. The number of benzene rings is 7.